The SMILES string of the molecule is CCC(=O)O.CCOC(=O)c1cnc(NC)s1.Cc1cc(O)c(NCC23CCCN2CCC3)cc1F. The van der Waals surface area contributed by atoms with Crippen molar-refractivity contribution >= 4 is 34.1 Å². The van der Waals surface area contributed by atoms with E-state index in [2.05, 4.69) is 20.5 Å². The summed E-state index contributed by atoms with van der Waals surface area (Å²) in [5.41, 5.74) is 1.22. The average Bonchev–Trinajstić information content (AvgIpc) is 3.57. The number of anilines is 2. The summed E-state index contributed by atoms with van der Waals surface area (Å²) >= 11 is 1.28. The lowest BCUT2D eigenvalue weighted by Gasteiger charge is -2.32. The van der Waals surface area contributed by atoms with Crippen LogP contribution in [0.2, 0.25) is 0 Å². The monoisotopic (exact) mass is 524 g/mol. The number of fused-ring (bicyclic) bond motifs is 1. The van der Waals surface area contributed by atoms with Gasteiger partial charge in [0.15, 0.2) is 5.13 Å². The molecule has 200 valence electrons. The molecule has 0 atom stereocenters. The van der Waals surface area contributed by atoms with Gasteiger partial charge in [-0.15, -0.1) is 0 Å². The zero-order valence-corrected chi connectivity index (χ0v) is 22.2. The van der Waals surface area contributed by atoms with Crippen LogP contribution >= 0.6 is 11.3 Å². The van der Waals surface area contributed by atoms with E-state index in [0.29, 0.717) is 22.7 Å². The fourth-order valence-corrected chi connectivity index (χ4v) is 4.93. The van der Waals surface area contributed by atoms with E-state index in [1.807, 2.05) is 0 Å². The Bertz CT molecular complexity index is 1010. The lowest BCUT2D eigenvalue weighted by molar-refractivity contribution is -0.136. The molecular formula is C25H37FN4O5S. The highest BCUT2D eigenvalue weighted by Crippen LogP contribution is 2.39. The van der Waals surface area contributed by atoms with E-state index in [1.54, 1.807) is 27.8 Å². The summed E-state index contributed by atoms with van der Waals surface area (Å²) in [5.74, 6) is -1.19. The van der Waals surface area contributed by atoms with Crippen molar-refractivity contribution in [3.63, 3.8) is 0 Å². The van der Waals surface area contributed by atoms with Crippen molar-refractivity contribution in [1.29, 1.82) is 0 Å². The first kappa shape index (κ1) is 29.3. The topological polar surface area (TPSA) is 124 Å². The number of nitrogens with zero attached hydrogens (tertiary/aromatic N) is 2. The van der Waals surface area contributed by atoms with Crippen LogP contribution in [-0.2, 0) is 9.53 Å². The van der Waals surface area contributed by atoms with Gasteiger partial charge in [-0.3, -0.25) is 9.69 Å². The molecule has 0 spiro atoms. The number of aryl methyl sites for hydroxylation is 1. The summed E-state index contributed by atoms with van der Waals surface area (Å²) in [5, 5.41) is 24.4. The van der Waals surface area contributed by atoms with Crippen LogP contribution in [0.3, 0.4) is 0 Å². The lowest BCUT2D eigenvalue weighted by atomic mass is 9.94. The number of hydrogen-bond donors (Lipinski definition) is 4. The van der Waals surface area contributed by atoms with Crippen molar-refractivity contribution in [3.8, 4) is 5.75 Å². The Labute approximate surface area is 215 Å². The van der Waals surface area contributed by atoms with Crippen molar-refractivity contribution < 1.29 is 28.9 Å². The number of phenols is 1. The van der Waals surface area contributed by atoms with E-state index in [1.165, 1.54) is 68.4 Å². The van der Waals surface area contributed by atoms with Gasteiger partial charge in [0.1, 0.15) is 16.4 Å². The van der Waals surface area contributed by atoms with Crippen LogP contribution in [0.25, 0.3) is 0 Å². The Hall–Kier alpha value is -2.92. The van der Waals surface area contributed by atoms with Crippen LogP contribution in [0.5, 0.6) is 5.75 Å². The number of carboxylic acids is 1. The predicted octanol–water partition coefficient (Wildman–Crippen LogP) is 4.72. The summed E-state index contributed by atoms with van der Waals surface area (Å²) in [6, 6.07) is 2.88. The van der Waals surface area contributed by atoms with Crippen LogP contribution in [0, 0.1) is 12.7 Å². The van der Waals surface area contributed by atoms with Crippen molar-refractivity contribution in [3.05, 3.63) is 34.6 Å². The first-order chi connectivity index (χ1) is 17.2. The second kappa shape index (κ2) is 14.0. The first-order valence-electron chi connectivity index (χ1n) is 12.2. The van der Waals surface area contributed by atoms with Crippen LogP contribution in [-0.4, -0.2) is 70.9 Å². The predicted molar refractivity (Wildman–Crippen MR) is 140 cm³/mol. The Balaban J connectivity index is 0.000000230. The minimum Gasteiger partial charge on any atom is -0.506 e. The number of aromatic hydroxyl groups is 1. The number of benzene rings is 1. The Morgan fingerprint density at radius 2 is 1.89 bits per heavy atom. The molecule has 11 heteroatoms. The van der Waals surface area contributed by atoms with Crippen LogP contribution in [0.4, 0.5) is 15.2 Å². The third-order valence-electron chi connectivity index (χ3n) is 6.19. The average molecular weight is 525 g/mol. The van der Waals surface area contributed by atoms with E-state index >= 15 is 0 Å². The van der Waals surface area contributed by atoms with Gasteiger partial charge >= 0.3 is 11.9 Å². The molecule has 1 aromatic heterocycles. The van der Waals surface area contributed by atoms with Gasteiger partial charge in [-0.1, -0.05) is 18.3 Å². The molecule has 4 N–H and O–H groups in total. The molecule has 0 radical (unpaired) electrons. The molecule has 2 fully saturated rings. The molecule has 2 aromatic rings. The third kappa shape index (κ3) is 8.06. The summed E-state index contributed by atoms with van der Waals surface area (Å²) in [6.45, 7) is 8.58. The fraction of sp³-hybridized carbons (Fsp3) is 0.560. The van der Waals surface area contributed by atoms with Gasteiger partial charge in [0.05, 0.1) is 18.5 Å². The number of esters is 1. The normalized spacial score (nSPS) is 15.6. The molecule has 4 rings (SSSR count). The van der Waals surface area contributed by atoms with E-state index in [-0.39, 0.29) is 29.5 Å². The summed E-state index contributed by atoms with van der Waals surface area (Å²) < 4.78 is 18.4. The fourth-order valence-electron chi connectivity index (χ4n) is 4.27. The Kier molecular flexibility index (Phi) is 11.4. The number of aromatic nitrogens is 1. The molecular weight excluding hydrogens is 487 g/mol. The maximum atomic E-state index is 13.6. The van der Waals surface area contributed by atoms with Crippen LogP contribution < -0.4 is 10.6 Å². The number of hydrogen-bond acceptors (Lipinski definition) is 9. The number of phenolic OH excluding ortho intramolecular Hbond substituents is 1. The number of ether oxygens (including phenoxy) is 1. The Morgan fingerprint density at radius 3 is 2.42 bits per heavy atom. The molecule has 3 heterocycles. The molecule has 36 heavy (non-hydrogen) atoms. The molecule has 0 aliphatic carbocycles. The molecule has 2 aliphatic heterocycles. The second-order valence-corrected chi connectivity index (χ2v) is 9.67. The molecule has 0 saturated carbocycles. The van der Waals surface area contributed by atoms with Crippen LogP contribution in [0.1, 0.15) is 61.2 Å². The highest BCUT2D eigenvalue weighted by molar-refractivity contribution is 7.17. The van der Waals surface area contributed by atoms with Gasteiger partial charge < -0.3 is 25.6 Å². The van der Waals surface area contributed by atoms with E-state index < -0.39 is 5.97 Å². The van der Waals surface area contributed by atoms with Gasteiger partial charge in [-0.25, -0.2) is 14.2 Å². The number of rotatable bonds is 7. The quantitative estimate of drug-likeness (QED) is 0.301. The lowest BCUT2D eigenvalue weighted by Crippen LogP contribution is -2.44. The molecule has 1 aromatic carbocycles. The number of aliphatic carboxylic acids is 1. The number of carbonyl (C=O) groups is 2. The van der Waals surface area contributed by atoms with E-state index in [4.69, 9.17) is 9.84 Å². The van der Waals surface area contributed by atoms with Crippen molar-refractivity contribution in [2.24, 2.45) is 0 Å². The number of carbonyl (C=O) groups excluding carboxylic acids is 1. The van der Waals surface area contributed by atoms with Crippen molar-refractivity contribution in [1.82, 2.24) is 9.88 Å². The van der Waals surface area contributed by atoms with Crippen molar-refractivity contribution in [2.75, 3.05) is 43.9 Å². The summed E-state index contributed by atoms with van der Waals surface area (Å²) in [6.07, 6.45) is 6.63. The summed E-state index contributed by atoms with van der Waals surface area (Å²) in [7, 11) is 1.76. The largest absolute Gasteiger partial charge is 0.506 e. The number of halogens is 1. The molecule has 0 bridgehead atoms. The zero-order chi connectivity index (χ0) is 26.7. The highest BCUT2D eigenvalue weighted by atomic mass is 32.1. The van der Waals surface area contributed by atoms with Crippen molar-refractivity contribution in [2.45, 2.75) is 58.4 Å². The molecule has 0 amide bonds. The number of nitrogens with one attached hydrogen (secondary N) is 2. The maximum absolute atomic E-state index is 13.6. The molecule has 9 nitrogen and oxygen atoms in total. The van der Waals surface area contributed by atoms with Gasteiger partial charge in [0.2, 0.25) is 0 Å². The number of thiazole rings is 1. The highest BCUT2D eigenvalue weighted by Gasteiger charge is 2.43. The van der Waals surface area contributed by atoms with Gasteiger partial charge in [-0.2, -0.15) is 0 Å². The van der Waals surface area contributed by atoms with Gasteiger partial charge in [0.25, 0.3) is 0 Å². The smallest absolute Gasteiger partial charge is 0.350 e. The standard InChI is InChI=1S/C15H21FN2O.C7H10N2O2S.C3H6O2/c1-11-8-14(19)13(9-12(11)16)17-10-15-4-2-6-18(15)7-3-5-15;1-3-11-6(10)5-4-9-7(8-2)12-5;1-2-3(4)5/h8-9,17,19H,2-7,10H2,1H3;4H,3H2,1-2H3,(H,8,9);2H2,1H3,(H,4,5). The Morgan fingerprint density at radius 1 is 1.25 bits per heavy atom. The zero-order valence-electron chi connectivity index (χ0n) is 21.4. The second-order valence-electron chi connectivity index (χ2n) is 8.64. The van der Waals surface area contributed by atoms with Crippen LogP contribution in [0.15, 0.2) is 18.3 Å². The molecule has 2 aliphatic rings. The first-order valence-corrected chi connectivity index (χ1v) is 13.0. The summed E-state index contributed by atoms with van der Waals surface area (Å²) in [4.78, 5) is 27.5. The van der Waals surface area contributed by atoms with Gasteiger partial charge in [0, 0.05) is 31.6 Å². The third-order valence-corrected chi connectivity index (χ3v) is 7.19. The maximum Gasteiger partial charge on any atom is 0.350 e. The molecule has 2 saturated heterocycles. The minimum absolute atomic E-state index is 0.137. The molecule has 0 unspecified atom stereocenters. The number of carboxylic acid groups (broad SMARTS) is 1. The minimum atomic E-state index is -0.745. The van der Waals surface area contributed by atoms with E-state index in [0.717, 1.165) is 11.7 Å². The van der Waals surface area contributed by atoms with Gasteiger partial charge in [-0.05, 0) is 64.3 Å². The van der Waals surface area contributed by atoms with E-state index in [9.17, 15) is 19.1 Å².